The standard InChI is InChI=1S/C19H15NO5/c21-15(13-9-20-14-6-2-1-5-12(13)14)10-24-19(22)18-11-23-16-7-3-4-8-17(16)25-18/h1-9,18,20H,10-11H2. The SMILES string of the molecule is O=C(COC(=O)C1COc2ccccc2O1)c1c[nH]c2ccccc12. The van der Waals surface area contributed by atoms with Gasteiger partial charge in [-0.25, -0.2) is 4.79 Å². The van der Waals surface area contributed by atoms with Gasteiger partial charge in [0.1, 0.15) is 6.61 Å². The first-order valence-electron chi connectivity index (χ1n) is 7.87. The van der Waals surface area contributed by atoms with Crippen LogP contribution in [-0.2, 0) is 9.53 Å². The Morgan fingerprint density at radius 3 is 2.72 bits per heavy atom. The van der Waals surface area contributed by atoms with Crippen molar-refractivity contribution >= 4 is 22.7 Å². The average Bonchev–Trinajstić information content (AvgIpc) is 3.09. The normalized spacial score (nSPS) is 15.8. The highest BCUT2D eigenvalue weighted by atomic mass is 16.6. The van der Waals surface area contributed by atoms with Crippen LogP contribution in [0.4, 0.5) is 0 Å². The van der Waals surface area contributed by atoms with Crippen LogP contribution < -0.4 is 9.47 Å². The molecule has 0 saturated carbocycles. The van der Waals surface area contributed by atoms with E-state index in [-0.39, 0.29) is 19.0 Å². The van der Waals surface area contributed by atoms with E-state index >= 15 is 0 Å². The number of hydrogen-bond acceptors (Lipinski definition) is 5. The minimum Gasteiger partial charge on any atom is -0.485 e. The highest BCUT2D eigenvalue weighted by Gasteiger charge is 2.29. The number of aromatic nitrogens is 1. The number of Topliss-reactive ketones (excluding diaryl/α,β-unsaturated/α-hetero) is 1. The molecule has 0 fully saturated rings. The molecule has 0 spiro atoms. The van der Waals surface area contributed by atoms with Gasteiger partial charge in [0.2, 0.25) is 11.9 Å². The van der Waals surface area contributed by atoms with Crippen molar-refractivity contribution in [1.29, 1.82) is 0 Å². The van der Waals surface area contributed by atoms with E-state index in [4.69, 9.17) is 14.2 Å². The average molecular weight is 337 g/mol. The second-order valence-electron chi connectivity index (χ2n) is 5.64. The van der Waals surface area contributed by atoms with Crippen molar-refractivity contribution in [2.75, 3.05) is 13.2 Å². The van der Waals surface area contributed by atoms with Crippen LogP contribution >= 0.6 is 0 Å². The molecule has 3 aromatic rings. The lowest BCUT2D eigenvalue weighted by Crippen LogP contribution is -2.38. The van der Waals surface area contributed by atoms with Gasteiger partial charge in [-0.3, -0.25) is 4.79 Å². The number of carbonyl (C=O) groups excluding carboxylic acids is 2. The fourth-order valence-corrected chi connectivity index (χ4v) is 2.75. The number of ether oxygens (including phenoxy) is 3. The first kappa shape index (κ1) is 15.3. The Hall–Kier alpha value is -3.28. The molecule has 4 rings (SSSR count). The zero-order valence-electron chi connectivity index (χ0n) is 13.2. The quantitative estimate of drug-likeness (QED) is 0.585. The number of carbonyl (C=O) groups is 2. The number of para-hydroxylation sites is 3. The smallest absolute Gasteiger partial charge is 0.351 e. The number of ketones is 1. The zero-order valence-corrected chi connectivity index (χ0v) is 13.2. The summed E-state index contributed by atoms with van der Waals surface area (Å²) < 4.78 is 16.2. The molecule has 0 bridgehead atoms. The topological polar surface area (TPSA) is 77.6 Å². The van der Waals surface area contributed by atoms with E-state index < -0.39 is 12.1 Å². The van der Waals surface area contributed by atoms with Gasteiger partial charge in [0.25, 0.3) is 0 Å². The van der Waals surface area contributed by atoms with E-state index in [2.05, 4.69) is 4.98 Å². The van der Waals surface area contributed by atoms with E-state index in [0.717, 1.165) is 10.9 Å². The van der Waals surface area contributed by atoms with Crippen molar-refractivity contribution in [3.63, 3.8) is 0 Å². The fourth-order valence-electron chi connectivity index (χ4n) is 2.75. The fraction of sp³-hybridized carbons (Fsp3) is 0.158. The first-order valence-corrected chi connectivity index (χ1v) is 7.87. The molecule has 0 amide bonds. The molecule has 0 saturated heterocycles. The summed E-state index contributed by atoms with van der Waals surface area (Å²) in [5.41, 5.74) is 1.35. The maximum atomic E-state index is 12.3. The Bertz CT molecular complexity index is 946. The lowest BCUT2D eigenvalue weighted by atomic mass is 10.1. The molecule has 6 heteroatoms. The Kier molecular flexibility index (Phi) is 3.85. The van der Waals surface area contributed by atoms with Gasteiger partial charge >= 0.3 is 5.97 Å². The van der Waals surface area contributed by atoms with E-state index in [1.165, 1.54) is 0 Å². The van der Waals surface area contributed by atoms with Crippen molar-refractivity contribution in [3.05, 3.63) is 60.3 Å². The maximum Gasteiger partial charge on any atom is 0.351 e. The van der Waals surface area contributed by atoms with Crippen LogP contribution in [0.3, 0.4) is 0 Å². The van der Waals surface area contributed by atoms with Crippen molar-refractivity contribution in [1.82, 2.24) is 4.98 Å². The summed E-state index contributed by atoms with van der Waals surface area (Å²) in [6, 6.07) is 14.5. The number of fused-ring (bicyclic) bond motifs is 2. The number of hydrogen-bond donors (Lipinski definition) is 1. The molecule has 25 heavy (non-hydrogen) atoms. The first-order chi connectivity index (χ1) is 12.2. The molecule has 1 N–H and O–H groups in total. The van der Waals surface area contributed by atoms with Crippen molar-refractivity contribution in [2.45, 2.75) is 6.10 Å². The summed E-state index contributed by atoms with van der Waals surface area (Å²) in [5, 5.41) is 0.801. The third-order valence-corrected chi connectivity index (χ3v) is 4.01. The number of aromatic amines is 1. The Balaban J connectivity index is 1.40. The summed E-state index contributed by atoms with van der Waals surface area (Å²) >= 11 is 0. The number of H-pyrrole nitrogens is 1. The summed E-state index contributed by atoms with van der Waals surface area (Å²) in [7, 11) is 0. The summed E-state index contributed by atoms with van der Waals surface area (Å²) in [4.78, 5) is 27.5. The molecule has 0 aliphatic carbocycles. The molecule has 1 aliphatic heterocycles. The van der Waals surface area contributed by atoms with Gasteiger partial charge in [-0.2, -0.15) is 0 Å². The van der Waals surface area contributed by atoms with Crippen LogP contribution in [0.1, 0.15) is 10.4 Å². The highest BCUT2D eigenvalue weighted by molar-refractivity contribution is 6.08. The van der Waals surface area contributed by atoms with Crippen LogP contribution in [0.15, 0.2) is 54.7 Å². The van der Waals surface area contributed by atoms with Gasteiger partial charge in [0.15, 0.2) is 18.1 Å². The highest BCUT2D eigenvalue weighted by Crippen LogP contribution is 2.31. The van der Waals surface area contributed by atoms with Crippen LogP contribution in [0.2, 0.25) is 0 Å². The minimum absolute atomic E-state index is 0.0527. The molecule has 1 atom stereocenters. The lowest BCUT2D eigenvalue weighted by Gasteiger charge is -2.24. The number of benzene rings is 2. The summed E-state index contributed by atoms with van der Waals surface area (Å²) in [6.07, 6.45) is 0.739. The van der Waals surface area contributed by atoms with E-state index in [1.807, 2.05) is 30.3 Å². The Labute approximate surface area is 143 Å². The van der Waals surface area contributed by atoms with Crippen molar-refractivity contribution in [2.24, 2.45) is 0 Å². The van der Waals surface area contributed by atoms with Gasteiger partial charge < -0.3 is 19.2 Å². The predicted octanol–water partition coefficient (Wildman–Crippen LogP) is 2.73. The minimum atomic E-state index is -0.884. The van der Waals surface area contributed by atoms with Gasteiger partial charge in [-0.1, -0.05) is 30.3 Å². The van der Waals surface area contributed by atoms with E-state index in [9.17, 15) is 9.59 Å². The van der Waals surface area contributed by atoms with Gasteiger partial charge in [0.05, 0.1) is 0 Å². The molecule has 2 heterocycles. The van der Waals surface area contributed by atoms with E-state index in [1.54, 1.807) is 24.4 Å². The molecule has 0 radical (unpaired) electrons. The van der Waals surface area contributed by atoms with Crippen molar-refractivity contribution < 1.29 is 23.8 Å². The van der Waals surface area contributed by atoms with Gasteiger partial charge in [0, 0.05) is 22.7 Å². The van der Waals surface area contributed by atoms with Crippen LogP contribution in [0, 0.1) is 0 Å². The van der Waals surface area contributed by atoms with Crippen LogP contribution in [0.5, 0.6) is 11.5 Å². The Morgan fingerprint density at radius 1 is 1.08 bits per heavy atom. The predicted molar refractivity (Wildman–Crippen MR) is 89.9 cm³/mol. The largest absolute Gasteiger partial charge is 0.485 e. The van der Waals surface area contributed by atoms with Crippen LogP contribution in [0.25, 0.3) is 10.9 Å². The molecular formula is C19H15NO5. The Morgan fingerprint density at radius 2 is 1.84 bits per heavy atom. The second kappa shape index (κ2) is 6.32. The molecule has 6 nitrogen and oxygen atoms in total. The van der Waals surface area contributed by atoms with Crippen molar-refractivity contribution in [3.8, 4) is 11.5 Å². The number of rotatable bonds is 4. The monoisotopic (exact) mass is 337 g/mol. The number of nitrogens with one attached hydrogen (secondary N) is 1. The molecular weight excluding hydrogens is 322 g/mol. The molecule has 1 aromatic heterocycles. The molecule has 1 aliphatic rings. The van der Waals surface area contributed by atoms with Crippen LogP contribution in [-0.4, -0.2) is 36.1 Å². The third-order valence-electron chi connectivity index (χ3n) is 4.01. The van der Waals surface area contributed by atoms with Gasteiger partial charge in [-0.15, -0.1) is 0 Å². The zero-order chi connectivity index (χ0) is 17.2. The molecule has 126 valence electrons. The molecule has 2 aromatic carbocycles. The van der Waals surface area contributed by atoms with E-state index in [0.29, 0.717) is 17.1 Å². The number of esters is 1. The van der Waals surface area contributed by atoms with Gasteiger partial charge in [-0.05, 0) is 18.2 Å². The molecule has 1 unspecified atom stereocenters. The summed E-state index contributed by atoms with van der Waals surface area (Å²) in [5.74, 6) is 0.172. The summed E-state index contributed by atoms with van der Waals surface area (Å²) in [6.45, 7) is -0.292. The maximum absolute atomic E-state index is 12.3. The third kappa shape index (κ3) is 2.94. The second-order valence-corrected chi connectivity index (χ2v) is 5.64. The lowest BCUT2D eigenvalue weighted by molar-refractivity contribution is -0.153.